The van der Waals surface area contributed by atoms with Crippen LogP contribution in [0.1, 0.15) is 11.7 Å². The minimum Gasteiger partial charge on any atom is -0.468 e. The molecule has 1 aromatic heterocycles. The molecular formula is C9H8F3NO2. The fraction of sp³-hybridized carbons (Fsp3) is 0.444. The molecule has 1 unspecified atom stereocenters. The molecule has 1 fully saturated rings. The molecule has 0 aromatic carbocycles. The number of hydrogen-bond acceptors (Lipinski definition) is 3. The van der Waals surface area contributed by atoms with Gasteiger partial charge in [0.05, 0.1) is 6.61 Å². The normalized spacial score (nSPS) is 20.1. The zero-order valence-electron chi connectivity index (χ0n) is 7.62. The maximum absolute atomic E-state index is 11.8. The second-order valence-corrected chi connectivity index (χ2v) is 3.16. The predicted molar refractivity (Wildman–Crippen MR) is 44.5 cm³/mol. The molecule has 0 spiro atoms. The Hall–Kier alpha value is -1.30. The van der Waals surface area contributed by atoms with Crippen molar-refractivity contribution in [3.63, 3.8) is 0 Å². The van der Waals surface area contributed by atoms with Crippen LogP contribution in [0.2, 0.25) is 0 Å². The van der Waals surface area contributed by atoms with Crippen molar-refractivity contribution in [1.82, 2.24) is 4.98 Å². The Morgan fingerprint density at radius 2 is 2.20 bits per heavy atom. The summed E-state index contributed by atoms with van der Waals surface area (Å²) >= 11 is 0. The molecule has 1 atom stereocenters. The van der Waals surface area contributed by atoms with Crippen LogP contribution in [0.25, 0.3) is 0 Å². The highest BCUT2D eigenvalue weighted by molar-refractivity contribution is 5.21. The molecule has 3 nitrogen and oxygen atoms in total. The number of nitrogens with zero attached hydrogens (tertiary/aromatic N) is 1. The number of halogens is 3. The lowest BCUT2D eigenvalue weighted by Crippen LogP contribution is -2.19. The quantitative estimate of drug-likeness (QED) is 0.730. The van der Waals surface area contributed by atoms with Crippen LogP contribution < -0.4 is 4.74 Å². The second-order valence-electron chi connectivity index (χ2n) is 3.16. The summed E-state index contributed by atoms with van der Waals surface area (Å²) in [5.74, 6) is -0.0308. The molecular weight excluding hydrogens is 211 g/mol. The van der Waals surface area contributed by atoms with Crippen LogP contribution in [0.15, 0.2) is 18.3 Å². The molecule has 0 radical (unpaired) electrons. The first-order chi connectivity index (χ1) is 7.04. The molecule has 1 saturated heterocycles. The first kappa shape index (κ1) is 10.2. The van der Waals surface area contributed by atoms with Crippen LogP contribution in [0.3, 0.4) is 0 Å². The Labute approximate surface area is 83.8 Å². The van der Waals surface area contributed by atoms with Crippen LogP contribution in [0, 0.1) is 0 Å². The number of pyridine rings is 1. The minimum absolute atomic E-state index is 0.0308. The average molecular weight is 219 g/mol. The van der Waals surface area contributed by atoms with Crippen LogP contribution >= 0.6 is 0 Å². The lowest BCUT2D eigenvalue weighted by Gasteiger charge is -2.07. The Kier molecular flexibility index (Phi) is 2.52. The number of rotatable bonds is 3. The molecule has 0 N–H and O–H groups in total. The highest BCUT2D eigenvalue weighted by Crippen LogP contribution is 2.29. The second kappa shape index (κ2) is 3.69. The van der Waals surface area contributed by atoms with Crippen LogP contribution in [0.4, 0.5) is 13.2 Å². The largest absolute Gasteiger partial charge is 0.468 e. The van der Waals surface area contributed by atoms with E-state index in [-0.39, 0.29) is 12.0 Å². The van der Waals surface area contributed by atoms with E-state index < -0.39 is 12.8 Å². The van der Waals surface area contributed by atoms with Gasteiger partial charge < -0.3 is 9.47 Å². The van der Waals surface area contributed by atoms with Crippen LogP contribution in [0.5, 0.6) is 5.88 Å². The van der Waals surface area contributed by atoms with Gasteiger partial charge in [0.1, 0.15) is 6.10 Å². The molecule has 1 aliphatic rings. The number of hydrogen-bond donors (Lipinski definition) is 0. The van der Waals surface area contributed by atoms with Crippen molar-refractivity contribution >= 4 is 0 Å². The molecule has 1 aliphatic heterocycles. The van der Waals surface area contributed by atoms with Gasteiger partial charge in [-0.15, -0.1) is 0 Å². The monoisotopic (exact) mass is 219 g/mol. The van der Waals surface area contributed by atoms with Crippen molar-refractivity contribution in [3.8, 4) is 5.88 Å². The molecule has 2 rings (SSSR count). The molecule has 2 heterocycles. The van der Waals surface area contributed by atoms with E-state index in [0.717, 1.165) is 5.56 Å². The van der Waals surface area contributed by atoms with Crippen molar-refractivity contribution in [1.29, 1.82) is 0 Å². The standard InChI is InChI=1S/C9H8F3NO2/c10-9(11,12)5-15-8-2-1-6(3-13-8)7-4-14-7/h1-3,7H,4-5H2. The van der Waals surface area contributed by atoms with Gasteiger partial charge in [0.25, 0.3) is 0 Å². The Morgan fingerprint density at radius 3 is 2.67 bits per heavy atom. The van der Waals surface area contributed by atoms with Gasteiger partial charge in [0.2, 0.25) is 5.88 Å². The Morgan fingerprint density at radius 1 is 1.47 bits per heavy atom. The van der Waals surface area contributed by atoms with E-state index in [0.29, 0.717) is 6.61 Å². The molecule has 0 saturated carbocycles. The number of epoxide rings is 1. The molecule has 0 bridgehead atoms. The van der Waals surface area contributed by atoms with Gasteiger partial charge in [-0.1, -0.05) is 0 Å². The van der Waals surface area contributed by atoms with Crippen molar-refractivity contribution < 1.29 is 22.6 Å². The van der Waals surface area contributed by atoms with E-state index >= 15 is 0 Å². The zero-order valence-corrected chi connectivity index (χ0v) is 7.62. The number of alkyl halides is 3. The summed E-state index contributed by atoms with van der Waals surface area (Å²) in [7, 11) is 0. The maximum atomic E-state index is 11.8. The van der Waals surface area contributed by atoms with E-state index in [9.17, 15) is 13.2 Å². The summed E-state index contributed by atoms with van der Waals surface area (Å²) in [5.41, 5.74) is 0.856. The molecule has 0 amide bonds. The molecule has 1 aromatic rings. The lowest BCUT2D eigenvalue weighted by atomic mass is 10.2. The molecule has 15 heavy (non-hydrogen) atoms. The lowest BCUT2D eigenvalue weighted by molar-refractivity contribution is -0.154. The SMILES string of the molecule is FC(F)(F)COc1ccc(C2CO2)cn1. The van der Waals surface area contributed by atoms with Gasteiger partial charge in [-0.3, -0.25) is 0 Å². The molecule has 6 heteroatoms. The third-order valence-corrected chi connectivity index (χ3v) is 1.85. The van der Waals surface area contributed by atoms with E-state index in [4.69, 9.17) is 4.74 Å². The predicted octanol–water partition coefficient (Wildman–Crippen LogP) is 2.09. The highest BCUT2D eigenvalue weighted by atomic mass is 19.4. The number of aromatic nitrogens is 1. The first-order valence-corrected chi connectivity index (χ1v) is 4.32. The average Bonchev–Trinajstić information content (AvgIpc) is 2.98. The Balaban J connectivity index is 1.92. The van der Waals surface area contributed by atoms with Crippen molar-refractivity contribution in [2.45, 2.75) is 12.3 Å². The van der Waals surface area contributed by atoms with Gasteiger partial charge in [-0.25, -0.2) is 4.98 Å². The summed E-state index contributed by atoms with van der Waals surface area (Å²) in [4.78, 5) is 3.74. The third kappa shape index (κ3) is 3.09. The highest BCUT2D eigenvalue weighted by Gasteiger charge is 2.29. The summed E-state index contributed by atoms with van der Waals surface area (Å²) in [6.45, 7) is -0.677. The molecule has 0 aliphatic carbocycles. The van der Waals surface area contributed by atoms with Crippen LogP contribution in [-0.4, -0.2) is 24.4 Å². The first-order valence-electron chi connectivity index (χ1n) is 4.32. The van der Waals surface area contributed by atoms with Crippen molar-refractivity contribution in [2.75, 3.05) is 13.2 Å². The fourth-order valence-corrected chi connectivity index (χ4v) is 1.06. The fourth-order valence-electron chi connectivity index (χ4n) is 1.06. The van der Waals surface area contributed by atoms with E-state index in [2.05, 4.69) is 9.72 Å². The topological polar surface area (TPSA) is 34.6 Å². The van der Waals surface area contributed by atoms with E-state index in [1.165, 1.54) is 12.3 Å². The van der Waals surface area contributed by atoms with Gasteiger partial charge >= 0.3 is 6.18 Å². The number of ether oxygens (including phenoxy) is 2. The van der Waals surface area contributed by atoms with Crippen molar-refractivity contribution in [3.05, 3.63) is 23.9 Å². The van der Waals surface area contributed by atoms with E-state index in [1.807, 2.05) is 0 Å². The van der Waals surface area contributed by atoms with Crippen LogP contribution in [-0.2, 0) is 4.74 Å². The third-order valence-electron chi connectivity index (χ3n) is 1.85. The van der Waals surface area contributed by atoms with E-state index in [1.54, 1.807) is 6.07 Å². The van der Waals surface area contributed by atoms with Gasteiger partial charge in [-0.2, -0.15) is 13.2 Å². The smallest absolute Gasteiger partial charge is 0.422 e. The maximum Gasteiger partial charge on any atom is 0.422 e. The van der Waals surface area contributed by atoms with Crippen molar-refractivity contribution in [2.24, 2.45) is 0 Å². The van der Waals surface area contributed by atoms with Gasteiger partial charge in [0, 0.05) is 17.8 Å². The zero-order chi connectivity index (χ0) is 10.9. The summed E-state index contributed by atoms with van der Waals surface area (Å²) < 4.78 is 44.8. The summed E-state index contributed by atoms with van der Waals surface area (Å²) in [6, 6.07) is 3.05. The van der Waals surface area contributed by atoms with Gasteiger partial charge in [-0.05, 0) is 6.07 Å². The summed E-state index contributed by atoms with van der Waals surface area (Å²) in [6.07, 6.45) is -2.82. The Bertz CT molecular complexity index is 332. The van der Waals surface area contributed by atoms with Gasteiger partial charge in [0.15, 0.2) is 6.61 Å². The molecule has 82 valence electrons. The minimum atomic E-state index is -4.33. The summed E-state index contributed by atoms with van der Waals surface area (Å²) in [5, 5.41) is 0.